The Bertz CT molecular complexity index is 494. The summed E-state index contributed by atoms with van der Waals surface area (Å²) in [6, 6.07) is 3.93. The van der Waals surface area contributed by atoms with E-state index in [0.717, 1.165) is 42.1 Å². The normalized spacial score (nSPS) is 19.7. The zero-order valence-electron chi connectivity index (χ0n) is 11.0. The maximum absolute atomic E-state index is 11.4. The van der Waals surface area contributed by atoms with Crippen LogP contribution in [0, 0.1) is 0 Å². The molecule has 5 heteroatoms. The van der Waals surface area contributed by atoms with Crippen LogP contribution < -0.4 is 16.5 Å². The van der Waals surface area contributed by atoms with E-state index in [1.165, 1.54) is 19.3 Å². The Balaban J connectivity index is 1.80. The summed E-state index contributed by atoms with van der Waals surface area (Å²) in [6.07, 6.45) is 5.05. The van der Waals surface area contributed by atoms with Crippen LogP contribution in [-0.4, -0.2) is 24.0 Å². The molecular formula is C14H20N4O. The lowest BCUT2D eigenvalue weighted by atomic mass is 10.0. The van der Waals surface area contributed by atoms with Crippen molar-refractivity contribution in [3.63, 3.8) is 0 Å². The lowest BCUT2D eigenvalue weighted by Crippen LogP contribution is -2.35. The summed E-state index contributed by atoms with van der Waals surface area (Å²) in [6.45, 7) is 2.09. The number of fused-ring (bicyclic) bond motifs is 1. The van der Waals surface area contributed by atoms with Crippen molar-refractivity contribution in [2.45, 2.75) is 32.1 Å². The second-order valence-corrected chi connectivity index (χ2v) is 5.30. The van der Waals surface area contributed by atoms with Gasteiger partial charge in [0.2, 0.25) is 5.91 Å². The zero-order valence-corrected chi connectivity index (χ0v) is 11.0. The topological polar surface area (TPSA) is 70.4 Å². The molecule has 5 nitrogen and oxygen atoms in total. The van der Waals surface area contributed by atoms with Gasteiger partial charge in [-0.25, -0.2) is 5.01 Å². The van der Waals surface area contributed by atoms with Crippen molar-refractivity contribution in [2.24, 2.45) is 0 Å². The molecule has 2 aliphatic rings. The third-order valence-electron chi connectivity index (χ3n) is 3.81. The Morgan fingerprint density at radius 3 is 2.74 bits per heavy atom. The summed E-state index contributed by atoms with van der Waals surface area (Å²) < 4.78 is 0. The minimum absolute atomic E-state index is 0.0844. The number of nitrogen functional groups attached to an aromatic ring is 1. The smallest absolute Gasteiger partial charge is 0.224 e. The number of hydrazine groups is 1. The number of benzene rings is 1. The molecule has 1 amide bonds. The zero-order chi connectivity index (χ0) is 13.2. The predicted octanol–water partition coefficient (Wildman–Crippen LogP) is 1.97. The number of carbonyl (C=O) groups is 1. The largest absolute Gasteiger partial charge is 0.397 e. The molecule has 19 heavy (non-hydrogen) atoms. The minimum Gasteiger partial charge on any atom is -0.397 e. The highest BCUT2D eigenvalue weighted by Crippen LogP contribution is 2.31. The van der Waals surface area contributed by atoms with Gasteiger partial charge in [-0.2, -0.15) is 0 Å². The fourth-order valence-electron chi connectivity index (χ4n) is 2.72. The van der Waals surface area contributed by atoms with Crippen molar-refractivity contribution in [1.82, 2.24) is 5.01 Å². The van der Waals surface area contributed by atoms with Gasteiger partial charge in [0.25, 0.3) is 0 Å². The number of anilines is 3. The number of piperidine rings is 1. The molecule has 1 saturated heterocycles. The standard InChI is InChI=1S/C14H20N4O/c15-11-8-10-4-5-14(19)16-12(10)9-13(11)17-18-6-2-1-3-7-18/h8-9,17H,1-7,15H2,(H,16,19). The van der Waals surface area contributed by atoms with Gasteiger partial charge in [0.15, 0.2) is 0 Å². The average molecular weight is 260 g/mol. The molecule has 0 radical (unpaired) electrons. The van der Waals surface area contributed by atoms with Crippen molar-refractivity contribution in [2.75, 3.05) is 29.6 Å². The maximum atomic E-state index is 11.4. The molecule has 1 aromatic carbocycles. The van der Waals surface area contributed by atoms with Crippen LogP contribution in [0.3, 0.4) is 0 Å². The first-order valence-corrected chi connectivity index (χ1v) is 6.96. The number of carbonyl (C=O) groups excluding carboxylic acids is 1. The SMILES string of the molecule is Nc1cc2c(cc1NN1CCCCC1)NC(=O)CC2. The van der Waals surface area contributed by atoms with Crippen molar-refractivity contribution >= 4 is 23.0 Å². The molecule has 1 fully saturated rings. The van der Waals surface area contributed by atoms with Crippen molar-refractivity contribution in [3.05, 3.63) is 17.7 Å². The van der Waals surface area contributed by atoms with Crippen LogP contribution >= 0.6 is 0 Å². The molecule has 4 N–H and O–H groups in total. The first-order valence-electron chi connectivity index (χ1n) is 6.96. The van der Waals surface area contributed by atoms with Gasteiger partial charge in [0.1, 0.15) is 0 Å². The second-order valence-electron chi connectivity index (χ2n) is 5.30. The first kappa shape index (κ1) is 12.3. The molecular weight excluding hydrogens is 240 g/mol. The molecule has 3 rings (SSSR count). The number of amides is 1. The van der Waals surface area contributed by atoms with Gasteiger partial charge in [0.05, 0.1) is 11.4 Å². The van der Waals surface area contributed by atoms with Gasteiger partial charge in [0, 0.05) is 25.2 Å². The quantitative estimate of drug-likeness (QED) is 0.711. The first-order chi connectivity index (χ1) is 9.22. The van der Waals surface area contributed by atoms with Gasteiger partial charge in [-0.3, -0.25) is 4.79 Å². The maximum Gasteiger partial charge on any atom is 0.224 e. The molecule has 1 aromatic rings. The number of hydrogen-bond donors (Lipinski definition) is 3. The average Bonchev–Trinajstić information content (AvgIpc) is 2.41. The van der Waals surface area contributed by atoms with Crippen LogP contribution in [0.1, 0.15) is 31.2 Å². The molecule has 0 unspecified atom stereocenters. The number of nitrogens with two attached hydrogens (primary N) is 1. The van der Waals surface area contributed by atoms with E-state index in [2.05, 4.69) is 15.8 Å². The van der Waals surface area contributed by atoms with E-state index in [9.17, 15) is 4.79 Å². The Morgan fingerprint density at radius 1 is 1.16 bits per heavy atom. The molecule has 0 atom stereocenters. The van der Waals surface area contributed by atoms with Crippen LogP contribution in [0.4, 0.5) is 17.1 Å². The van der Waals surface area contributed by atoms with Crippen LogP contribution in [0.2, 0.25) is 0 Å². The Labute approximate surface area is 113 Å². The summed E-state index contributed by atoms with van der Waals surface area (Å²) in [4.78, 5) is 11.4. The number of nitrogens with zero attached hydrogens (tertiary/aromatic N) is 1. The van der Waals surface area contributed by atoms with E-state index in [0.29, 0.717) is 6.42 Å². The summed E-state index contributed by atoms with van der Waals surface area (Å²) in [7, 11) is 0. The number of hydrogen-bond acceptors (Lipinski definition) is 4. The predicted molar refractivity (Wildman–Crippen MR) is 76.9 cm³/mol. The molecule has 0 saturated carbocycles. The second kappa shape index (κ2) is 5.09. The highest BCUT2D eigenvalue weighted by atomic mass is 16.1. The van der Waals surface area contributed by atoms with Gasteiger partial charge in [-0.1, -0.05) is 6.42 Å². The monoisotopic (exact) mass is 260 g/mol. The van der Waals surface area contributed by atoms with Gasteiger partial charge < -0.3 is 16.5 Å². The Hall–Kier alpha value is -1.75. The van der Waals surface area contributed by atoms with Crippen LogP contribution in [0.25, 0.3) is 0 Å². The van der Waals surface area contributed by atoms with E-state index in [-0.39, 0.29) is 5.91 Å². The number of nitrogens with one attached hydrogen (secondary N) is 2. The van der Waals surface area contributed by atoms with Gasteiger partial charge >= 0.3 is 0 Å². The highest BCUT2D eigenvalue weighted by Gasteiger charge is 2.18. The third kappa shape index (κ3) is 2.66. The molecule has 102 valence electrons. The van der Waals surface area contributed by atoms with Gasteiger partial charge in [-0.05, 0) is 37.0 Å². The van der Waals surface area contributed by atoms with E-state index in [1.807, 2.05) is 12.1 Å². The molecule has 2 heterocycles. The van der Waals surface area contributed by atoms with E-state index in [4.69, 9.17) is 5.73 Å². The minimum atomic E-state index is 0.0844. The van der Waals surface area contributed by atoms with E-state index >= 15 is 0 Å². The number of rotatable bonds is 2. The molecule has 0 bridgehead atoms. The molecule has 0 aliphatic carbocycles. The van der Waals surface area contributed by atoms with Crippen LogP contribution in [0.5, 0.6) is 0 Å². The van der Waals surface area contributed by atoms with Crippen molar-refractivity contribution in [3.8, 4) is 0 Å². The summed E-state index contributed by atoms with van der Waals surface area (Å²) in [5.41, 5.74) is 13.1. The van der Waals surface area contributed by atoms with E-state index in [1.54, 1.807) is 0 Å². The Kier molecular flexibility index (Phi) is 3.29. The van der Waals surface area contributed by atoms with E-state index < -0.39 is 0 Å². The Morgan fingerprint density at radius 2 is 1.95 bits per heavy atom. The third-order valence-corrected chi connectivity index (χ3v) is 3.81. The fraction of sp³-hybridized carbons (Fsp3) is 0.500. The number of aryl methyl sites for hydroxylation is 1. The summed E-state index contributed by atoms with van der Waals surface area (Å²) in [5, 5.41) is 5.11. The fourth-order valence-corrected chi connectivity index (χ4v) is 2.72. The lowest BCUT2D eigenvalue weighted by Gasteiger charge is -2.29. The van der Waals surface area contributed by atoms with Crippen molar-refractivity contribution < 1.29 is 4.79 Å². The summed E-state index contributed by atoms with van der Waals surface area (Å²) in [5.74, 6) is 0.0844. The van der Waals surface area contributed by atoms with Crippen LogP contribution in [0.15, 0.2) is 12.1 Å². The van der Waals surface area contributed by atoms with Crippen molar-refractivity contribution in [1.29, 1.82) is 0 Å². The lowest BCUT2D eigenvalue weighted by molar-refractivity contribution is -0.116. The van der Waals surface area contributed by atoms with Crippen LogP contribution in [-0.2, 0) is 11.2 Å². The molecule has 2 aliphatic heterocycles. The highest BCUT2D eigenvalue weighted by molar-refractivity contribution is 5.95. The van der Waals surface area contributed by atoms with Gasteiger partial charge in [-0.15, -0.1) is 0 Å². The molecule has 0 spiro atoms. The summed E-state index contributed by atoms with van der Waals surface area (Å²) >= 11 is 0. The molecule has 0 aromatic heterocycles.